The van der Waals surface area contributed by atoms with Gasteiger partial charge in [0, 0.05) is 11.6 Å². The molecular weight excluding hydrogens is 316 g/mol. The lowest BCUT2D eigenvalue weighted by Gasteiger charge is -2.14. The molecule has 0 bridgehead atoms. The summed E-state index contributed by atoms with van der Waals surface area (Å²) in [5, 5.41) is 17.3. The molecule has 2 N–H and O–H groups in total. The van der Waals surface area contributed by atoms with Crippen molar-refractivity contribution < 1.29 is 14.6 Å². The monoisotopic (exact) mass is 338 g/mol. The van der Waals surface area contributed by atoms with E-state index >= 15 is 0 Å². The van der Waals surface area contributed by atoms with Gasteiger partial charge >= 0.3 is 0 Å². The Balaban J connectivity index is 1.94. The highest BCUT2D eigenvalue weighted by molar-refractivity contribution is 5.73. The number of hydrogen-bond acceptors (Lipinski definition) is 4. The minimum absolute atomic E-state index is 0.109. The number of aromatic amines is 1. The quantitative estimate of drug-likeness (QED) is 0.656. The Morgan fingerprint density at radius 1 is 1.12 bits per heavy atom. The van der Waals surface area contributed by atoms with Gasteiger partial charge in [-0.1, -0.05) is 32.0 Å². The number of H-pyrrole nitrogens is 1. The van der Waals surface area contributed by atoms with E-state index in [-0.39, 0.29) is 5.75 Å². The van der Waals surface area contributed by atoms with Crippen molar-refractivity contribution in [3.63, 3.8) is 0 Å². The summed E-state index contributed by atoms with van der Waals surface area (Å²) in [5.74, 6) is 2.41. The predicted octanol–water partition coefficient (Wildman–Crippen LogP) is 5.10. The molecule has 0 saturated carbocycles. The van der Waals surface area contributed by atoms with Gasteiger partial charge in [-0.2, -0.15) is 5.10 Å². The van der Waals surface area contributed by atoms with Crippen molar-refractivity contribution in [2.45, 2.75) is 26.7 Å². The third kappa shape index (κ3) is 3.60. The summed E-state index contributed by atoms with van der Waals surface area (Å²) < 4.78 is 11.5. The number of aromatic nitrogens is 2. The molecule has 2 aromatic carbocycles. The minimum Gasteiger partial charge on any atom is -0.507 e. The van der Waals surface area contributed by atoms with Crippen molar-refractivity contribution in [1.82, 2.24) is 10.2 Å². The topological polar surface area (TPSA) is 67.4 Å². The highest BCUT2D eigenvalue weighted by Crippen LogP contribution is 2.39. The molecule has 0 fully saturated rings. The molecule has 5 nitrogen and oxygen atoms in total. The van der Waals surface area contributed by atoms with Crippen LogP contribution in [-0.2, 0) is 0 Å². The van der Waals surface area contributed by atoms with E-state index in [4.69, 9.17) is 9.47 Å². The molecule has 130 valence electrons. The summed E-state index contributed by atoms with van der Waals surface area (Å²) in [6.07, 6.45) is 1.61. The average molecular weight is 338 g/mol. The Morgan fingerprint density at radius 2 is 1.92 bits per heavy atom. The molecule has 1 aromatic heterocycles. The van der Waals surface area contributed by atoms with Crippen LogP contribution in [0.1, 0.15) is 32.3 Å². The second kappa shape index (κ2) is 7.30. The number of para-hydroxylation sites is 1. The van der Waals surface area contributed by atoms with Crippen LogP contribution in [0.25, 0.3) is 11.3 Å². The molecule has 3 rings (SSSR count). The summed E-state index contributed by atoms with van der Waals surface area (Å²) >= 11 is 0. The summed E-state index contributed by atoms with van der Waals surface area (Å²) in [6, 6.07) is 13.1. The van der Waals surface area contributed by atoms with Gasteiger partial charge in [0.2, 0.25) is 0 Å². The van der Waals surface area contributed by atoms with Crippen molar-refractivity contribution >= 4 is 0 Å². The summed E-state index contributed by atoms with van der Waals surface area (Å²) in [6.45, 7) is 6.69. The first-order valence-electron chi connectivity index (χ1n) is 8.36. The normalized spacial score (nSPS) is 10.9. The van der Waals surface area contributed by atoms with Crippen molar-refractivity contribution in [2.24, 2.45) is 0 Å². The van der Waals surface area contributed by atoms with Gasteiger partial charge in [-0.25, -0.2) is 0 Å². The number of ether oxygens (including phenoxy) is 2. The summed E-state index contributed by atoms with van der Waals surface area (Å²) in [5.41, 5.74) is 2.35. The van der Waals surface area contributed by atoms with E-state index in [1.54, 1.807) is 18.3 Å². The van der Waals surface area contributed by atoms with Crippen molar-refractivity contribution in [1.29, 1.82) is 0 Å². The summed E-state index contributed by atoms with van der Waals surface area (Å²) in [7, 11) is 0. The van der Waals surface area contributed by atoms with Gasteiger partial charge in [0.15, 0.2) is 5.75 Å². The van der Waals surface area contributed by atoms with Gasteiger partial charge < -0.3 is 14.6 Å². The Kier molecular flexibility index (Phi) is 4.93. The lowest BCUT2D eigenvalue weighted by molar-refractivity contribution is 0.338. The maximum absolute atomic E-state index is 10.3. The number of nitrogens with zero attached hydrogens (tertiary/aromatic N) is 1. The smallest absolute Gasteiger partial charge is 0.173 e. The molecule has 0 unspecified atom stereocenters. The molecule has 5 heteroatoms. The third-order valence-electron chi connectivity index (χ3n) is 3.92. The van der Waals surface area contributed by atoms with E-state index in [1.165, 1.54) is 0 Å². The first-order valence-corrected chi connectivity index (χ1v) is 8.36. The number of phenols is 1. The van der Waals surface area contributed by atoms with E-state index in [9.17, 15) is 5.11 Å². The molecule has 0 aliphatic rings. The van der Waals surface area contributed by atoms with Crippen LogP contribution in [0.15, 0.2) is 48.7 Å². The second-order valence-electron chi connectivity index (χ2n) is 6.02. The van der Waals surface area contributed by atoms with E-state index in [1.807, 2.05) is 37.3 Å². The van der Waals surface area contributed by atoms with Crippen molar-refractivity contribution in [3.05, 3.63) is 54.2 Å². The Labute approximate surface area is 147 Å². The van der Waals surface area contributed by atoms with Gasteiger partial charge in [-0.05, 0) is 36.6 Å². The zero-order valence-corrected chi connectivity index (χ0v) is 14.6. The maximum Gasteiger partial charge on any atom is 0.173 e. The van der Waals surface area contributed by atoms with Gasteiger partial charge in [0.1, 0.15) is 22.9 Å². The molecule has 3 aromatic rings. The largest absolute Gasteiger partial charge is 0.507 e. The number of hydrogen-bond donors (Lipinski definition) is 2. The van der Waals surface area contributed by atoms with Crippen LogP contribution in [0.5, 0.6) is 23.0 Å². The second-order valence-corrected chi connectivity index (χ2v) is 6.02. The van der Waals surface area contributed by atoms with E-state index in [0.717, 1.165) is 11.3 Å². The van der Waals surface area contributed by atoms with Crippen LogP contribution in [0.3, 0.4) is 0 Å². The van der Waals surface area contributed by atoms with Crippen LogP contribution in [0.4, 0.5) is 0 Å². The molecule has 0 radical (unpaired) electrons. The number of benzene rings is 2. The van der Waals surface area contributed by atoms with Gasteiger partial charge in [0.05, 0.1) is 12.8 Å². The Morgan fingerprint density at radius 3 is 2.64 bits per heavy atom. The van der Waals surface area contributed by atoms with Gasteiger partial charge in [-0.3, -0.25) is 5.10 Å². The Hall–Kier alpha value is -2.95. The minimum atomic E-state index is 0.109. The molecule has 25 heavy (non-hydrogen) atoms. The number of aromatic hydroxyl groups is 1. The van der Waals surface area contributed by atoms with Gasteiger partial charge in [-0.15, -0.1) is 0 Å². The predicted molar refractivity (Wildman–Crippen MR) is 97.5 cm³/mol. The van der Waals surface area contributed by atoms with Crippen molar-refractivity contribution in [2.75, 3.05) is 6.61 Å². The Bertz CT molecular complexity index is 856. The van der Waals surface area contributed by atoms with E-state index in [0.29, 0.717) is 35.3 Å². The average Bonchev–Trinajstić information content (AvgIpc) is 3.03. The van der Waals surface area contributed by atoms with Crippen LogP contribution in [0, 0.1) is 0 Å². The number of nitrogens with one attached hydrogen (secondary N) is 1. The van der Waals surface area contributed by atoms with Crippen LogP contribution >= 0.6 is 0 Å². The molecule has 0 spiro atoms. The number of rotatable bonds is 6. The zero-order chi connectivity index (χ0) is 17.8. The lowest BCUT2D eigenvalue weighted by Crippen LogP contribution is -1.94. The lowest BCUT2D eigenvalue weighted by atomic mass is 10.0. The molecule has 0 aliphatic carbocycles. The number of phenolic OH excluding ortho intramolecular Hbond substituents is 1. The van der Waals surface area contributed by atoms with Gasteiger partial charge in [0.25, 0.3) is 0 Å². The maximum atomic E-state index is 10.3. The van der Waals surface area contributed by atoms with Crippen LogP contribution < -0.4 is 9.47 Å². The third-order valence-corrected chi connectivity index (χ3v) is 3.92. The summed E-state index contributed by atoms with van der Waals surface area (Å²) in [4.78, 5) is 0. The molecule has 0 atom stereocenters. The highest BCUT2D eigenvalue weighted by Gasteiger charge is 2.16. The first kappa shape index (κ1) is 16.9. The van der Waals surface area contributed by atoms with Crippen LogP contribution in [0.2, 0.25) is 0 Å². The first-order chi connectivity index (χ1) is 12.1. The zero-order valence-electron chi connectivity index (χ0n) is 14.6. The molecule has 1 heterocycles. The van der Waals surface area contributed by atoms with E-state index in [2.05, 4.69) is 24.0 Å². The highest BCUT2D eigenvalue weighted by atomic mass is 16.5. The fraction of sp³-hybridized carbons (Fsp3) is 0.250. The fourth-order valence-electron chi connectivity index (χ4n) is 2.69. The SMILES string of the molecule is CCOc1ccc(-c2[nH]ncc2Oc2ccccc2C(C)C)c(O)c1. The molecule has 0 saturated heterocycles. The molecule has 0 amide bonds. The van der Waals surface area contributed by atoms with Crippen LogP contribution in [-0.4, -0.2) is 21.9 Å². The van der Waals surface area contributed by atoms with Crippen molar-refractivity contribution in [3.8, 4) is 34.3 Å². The molecular formula is C20H22N2O3. The molecule has 0 aliphatic heterocycles. The van der Waals surface area contributed by atoms with E-state index < -0.39 is 0 Å². The fourth-order valence-corrected chi connectivity index (χ4v) is 2.69. The standard InChI is InChI=1S/C20H22N2O3/c1-4-24-14-9-10-16(17(23)11-14)20-19(12-21-22-20)25-18-8-6-5-7-15(18)13(2)3/h5-13,23H,4H2,1-3H3,(H,21,22).